The minimum absolute atomic E-state index is 0.0833. The highest BCUT2D eigenvalue weighted by Gasteiger charge is 2.22. The van der Waals surface area contributed by atoms with Crippen LogP contribution in [0.1, 0.15) is 16.1 Å². The van der Waals surface area contributed by atoms with Crippen molar-refractivity contribution in [2.75, 3.05) is 32.4 Å². The van der Waals surface area contributed by atoms with Gasteiger partial charge in [0.2, 0.25) is 0 Å². The molecule has 0 bridgehead atoms. The van der Waals surface area contributed by atoms with Gasteiger partial charge in [0.25, 0.3) is 5.91 Å². The lowest BCUT2D eigenvalue weighted by Crippen LogP contribution is -2.30. The number of pyridine rings is 1. The van der Waals surface area contributed by atoms with E-state index < -0.39 is 0 Å². The van der Waals surface area contributed by atoms with E-state index in [1.807, 2.05) is 12.1 Å². The predicted octanol–water partition coefficient (Wildman–Crippen LogP) is 1.56. The molecule has 106 valence electrons. The third kappa shape index (κ3) is 2.48. The lowest BCUT2D eigenvalue weighted by atomic mass is 10.1. The maximum atomic E-state index is 12.3. The third-order valence-corrected chi connectivity index (χ3v) is 4.88. The monoisotopic (exact) mass is 290 g/mol. The van der Waals surface area contributed by atoms with Crippen LogP contribution >= 0.6 is 11.3 Å². The highest BCUT2D eigenvalue weighted by molar-refractivity contribution is 7.21. The van der Waals surface area contributed by atoms with E-state index in [4.69, 9.17) is 5.73 Å². The number of likely N-dealkylation sites (tertiary alicyclic amines) is 1. The molecule has 1 amide bonds. The van der Waals surface area contributed by atoms with Gasteiger partial charge in [0.05, 0.1) is 5.69 Å². The molecule has 1 fully saturated rings. The lowest BCUT2D eigenvalue weighted by Gasteiger charge is -2.11. The number of carbonyl (C=O) groups is 1. The van der Waals surface area contributed by atoms with Crippen LogP contribution in [0.4, 0.5) is 5.69 Å². The van der Waals surface area contributed by atoms with Crippen LogP contribution in [0, 0.1) is 5.92 Å². The molecule has 0 aliphatic carbocycles. The minimum Gasteiger partial charge on any atom is -0.397 e. The molecular formula is C14H18N4OS. The SMILES string of the molecule is CN1CCC(CNC(=O)c2sc3ncccc3c2N)C1. The molecule has 3 N–H and O–H groups in total. The molecule has 1 atom stereocenters. The average Bonchev–Trinajstić information content (AvgIpc) is 3.01. The van der Waals surface area contributed by atoms with Crippen molar-refractivity contribution in [3.8, 4) is 0 Å². The molecule has 3 rings (SSSR count). The smallest absolute Gasteiger partial charge is 0.263 e. The van der Waals surface area contributed by atoms with Gasteiger partial charge in [-0.3, -0.25) is 4.79 Å². The Morgan fingerprint density at radius 1 is 1.65 bits per heavy atom. The van der Waals surface area contributed by atoms with Crippen LogP contribution in [-0.2, 0) is 0 Å². The van der Waals surface area contributed by atoms with Crippen LogP contribution in [0.2, 0.25) is 0 Å². The molecule has 3 heterocycles. The second kappa shape index (κ2) is 5.38. The van der Waals surface area contributed by atoms with Gasteiger partial charge >= 0.3 is 0 Å². The van der Waals surface area contributed by atoms with Crippen LogP contribution in [0.25, 0.3) is 10.2 Å². The predicted molar refractivity (Wildman–Crippen MR) is 82.0 cm³/mol. The van der Waals surface area contributed by atoms with E-state index in [9.17, 15) is 4.79 Å². The first-order valence-electron chi connectivity index (χ1n) is 6.75. The Bertz CT molecular complexity index is 639. The van der Waals surface area contributed by atoms with Crippen molar-refractivity contribution in [3.63, 3.8) is 0 Å². The van der Waals surface area contributed by atoms with Crippen molar-refractivity contribution in [2.24, 2.45) is 5.92 Å². The van der Waals surface area contributed by atoms with Crippen molar-refractivity contribution < 1.29 is 4.79 Å². The number of nitrogens with one attached hydrogen (secondary N) is 1. The number of nitrogens with two attached hydrogens (primary N) is 1. The van der Waals surface area contributed by atoms with Crippen molar-refractivity contribution in [1.82, 2.24) is 15.2 Å². The molecule has 2 aromatic heterocycles. The molecule has 6 heteroatoms. The summed E-state index contributed by atoms with van der Waals surface area (Å²) in [4.78, 5) is 20.2. The standard InChI is InChI=1S/C14H18N4OS/c1-18-6-4-9(8-18)7-17-13(19)12-11(15)10-3-2-5-16-14(10)20-12/h2-3,5,9H,4,6-8,15H2,1H3,(H,17,19). The molecule has 0 radical (unpaired) electrons. The Labute approximate surface area is 121 Å². The van der Waals surface area contributed by atoms with Crippen LogP contribution < -0.4 is 11.1 Å². The number of thiophene rings is 1. The van der Waals surface area contributed by atoms with Gasteiger partial charge < -0.3 is 16.0 Å². The van der Waals surface area contributed by atoms with Gasteiger partial charge in [-0.1, -0.05) is 0 Å². The zero-order valence-electron chi connectivity index (χ0n) is 11.4. The first kappa shape index (κ1) is 13.3. The van der Waals surface area contributed by atoms with Gasteiger partial charge in [-0.25, -0.2) is 4.98 Å². The number of fused-ring (bicyclic) bond motifs is 1. The molecule has 1 unspecified atom stereocenters. The van der Waals surface area contributed by atoms with Crippen molar-refractivity contribution in [1.29, 1.82) is 0 Å². The molecule has 20 heavy (non-hydrogen) atoms. The van der Waals surface area contributed by atoms with E-state index in [0.717, 1.165) is 29.7 Å². The van der Waals surface area contributed by atoms with E-state index in [1.165, 1.54) is 11.3 Å². The summed E-state index contributed by atoms with van der Waals surface area (Å²) in [7, 11) is 2.11. The number of nitrogens with zero attached hydrogens (tertiary/aromatic N) is 2. The van der Waals surface area contributed by atoms with Gasteiger partial charge in [-0.05, 0) is 38.1 Å². The zero-order valence-corrected chi connectivity index (χ0v) is 12.2. The van der Waals surface area contributed by atoms with Crippen LogP contribution in [0.3, 0.4) is 0 Å². The number of hydrogen-bond donors (Lipinski definition) is 2. The van der Waals surface area contributed by atoms with E-state index in [1.54, 1.807) is 6.20 Å². The highest BCUT2D eigenvalue weighted by atomic mass is 32.1. The Morgan fingerprint density at radius 3 is 3.20 bits per heavy atom. The van der Waals surface area contributed by atoms with E-state index in [2.05, 4.69) is 22.2 Å². The summed E-state index contributed by atoms with van der Waals surface area (Å²) in [5.41, 5.74) is 6.59. The fourth-order valence-electron chi connectivity index (χ4n) is 2.63. The number of amides is 1. The van der Waals surface area contributed by atoms with Crippen molar-refractivity contribution >= 4 is 33.1 Å². The number of nitrogen functional groups attached to an aromatic ring is 1. The maximum Gasteiger partial charge on any atom is 0.263 e. The van der Waals surface area contributed by atoms with Crippen LogP contribution in [0.5, 0.6) is 0 Å². The first-order chi connectivity index (χ1) is 9.65. The van der Waals surface area contributed by atoms with Crippen molar-refractivity contribution in [2.45, 2.75) is 6.42 Å². The van der Waals surface area contributed by atoms with E-state index in [0.29, 0.717) is 23.0 Å². The number of rotatable bonds is 3. The summed E-state index contributed by atoms with van der Waals surface area (Å²) in [6.45, 7) is 2.86. The second-order valence-corrected chi connectivity index (χ2v) is 6.33. The molecule has 5 nitrogen and oxygen atoms in total. The lowest BCUT2D eigenvalue weighted by molar-refractivity contribution is 0.0952. The Balaban J connectivity index is 1.71. The normalized spacial score (nSPS) is 19.6. The fourth-order valence-corrected chi connectivity index (χ4v) is 3.61. The second-order valence-electron chi connectivity index (χ2n) is 5.33. The molecule has 1 saturated heterocycles. The largest absolute Gasteiger partial charge is 0.397 e. The summed E-state index contributed by atoms with van der Waals surface area (Å²) in [5, 5.41) is 3.86. The van der Waals surface area contributed by atoms with Crippen LogP contribution in [-0.4, -0.2) is 42.5 Å². The van der Waals surface area contributed by atoms with Gasteiger partial charge in [0, 0.05) is 24.7 Å². The number of aromatic nitrogens is 1. The maximum absolute atomic E-state index is 12.3. The quantitative estimate of drug-likeness (QED) is 0.900. The van der Waals surface area contributed by atoms with E-state index >= 15 is 0 Å². The Kier molecular flexibility index (Phi) is 3.58. The molecule has 2 aromatic rings. The third-order valence-electron chi connectivity index (χ3n) is 3.75. The summed E-state index contributed by atoms with van der Waals surface area (Å²) < 4.78 is 0. The summed E-state index contributed by atoms with van der Waals surface area (Å²) in [6.07, 6.45) is 2.86. The van der Waals surface area contributed by atoms with Crippen molar-refractivity contribution in [3.05, 3.63) is 23.2 Å². The summed E-state index contributed by atoms with van der Waals surface area (Å²) in [6, 6.07) is 3.73. The average molecular weight is 290 g/mol. The summed E-state index contributed by atoms with van der Waals surface area (Å²) >= 11 is 1.36. The topological polar surface area (TPSA) is 71.2 Å². The number of anilines is 1. The molecule has 0 spiro atoms. The van der Waals surface area contributed by atoms with Gasteiger partial charge in [-0.15, -0.1) is 11.3 Å². The molecule has 1 aliphatic heterocycles. The van der Waals surface area contributed by atoms with Gasteiger partial charge in [0.15, 0.2) is 0 Å². The zero-order chi connectivity index (χ0) is 14.1. The molecule has 0 saturated carbocycles. The molecule has 0 aromatic carbocycles. The minimum atomic E-state index is -0.0833. The van der Waals surface area contributed by atoms with Gasteiger partial charge in [-0.2, -0.15) is 0 Å². The molecule has 1 aliphatic rings. The highest BCUT2D eigenvalue weighted by Crippen LogP contribution is 2.31. The molecular weight excluding hydrogens is 272 g/mol. The Hall–Kier alpha value is -1.66. The fraction of sp³-hybridized carbons (Fsp3) is 0.429. The first-order valence-corrected chi connectivity index (χ1v) is 7.56. The van der Waals surface area contributed by atoms with E-state index in [-0.39, 0.29) is 5.91 Å². The Morgan fingerprint density at radius 2 is 2.50 bits per heavy atom. The van der Waals surface area contributed by atoms with Gasteiger partial charge in [0.1, 0.15) is 9.71 Å². The van der Waals surface area contributed by atoms with Crippen LogP contribution in [0.15, 0.2) is 18.3 Å². The number of carbonyl (C=O) groups excluding carboxylic acids is 1. The summed E-state index contributed by atoms with van der Waals surface area (Å²) in [5.74, 6) is 0.456. The number of hydrogen-bond acceptors (Lipinski definition) is 5.